The fraction of sp³-hybridized carbons (Fsp3) is 0.533. The number of rotatable bonds is 2. The molecular weight excluding hydrogens is 259 g/mol. The predicted octanol–water partition coefficient (Wildman–Crippen LogP) is 0.998. The molecule has 0 bridgehead atoms. The summed E-state index contributed by atoms with van der Waals surface area (Å²) in [6, 6.07) is 5.84. The first-order valence-electron chi connectivity index (χ1n) is 7.09. The number of likely N-dealkylation sites (tertiary alicyclic amines) is 1. The number of amides is 1. The highest BCUT2D eigenvalue weighted by Crippen LogP contribution is 2.34. The van der Waals surface area contributed by atoms with Crippen LogP contribution in [0.5, 0.6) is 0 Å². The van der Waals surface area contributed by atoms with Crippen LogP contribution >= 0.6 is 0 Å². The van der Waals surface area contributed by atoms with Crippen LogP contribution in [-0.2, 0) is 10.4 Å². The van der Waals surface area contributed by atoms with Crippen LogP contribution in [0, 0.1) is 5.82 Å². The number of hydrogen-bond donors (Lipinski definition) is 2. The highest BCUT2D eigenvalue weighted by molar-refractivity contribution is 5.82. The van der Waals surface area contributed by atoms with Crippen molar-refractivity contribution in [3.63, 3.8) is 0 Å². The first kappa shape index (κ1) is 13.5. The SMILES string of the molecule is O=C1NCCCC1N1CCC(O)(c2ccc(F)cc2)C1. The first-order chi connectivity index (χ1) is 9.58. The second-order valence-electron chi connectivity index (χ2n) is 5.71. The zero-order valence-electron chi connectivity index (χ0n) is 11.3. The van der Waals surface area contributed by atoms with E-state index < -0.39 is 5.60 Å². The largest absolute Gasteiger partial charge is 0.384 e. The molecule has 2 N–H and O–H groups in total. The van der Waals surface area contributed by atoms with E-state index in [2.05, 4.69) is 5.32 Å². The molecule has 0 radical (unpaired) electrons. The average molecular weight is 278 g/mol. The molecule has 2 atom stereocenters. The second-order valence-corrected chi connectivity index (χ2v) is 5.71. The van der Waals surface area contributed by atoms with Crippen LogP contribution in [0.3, 0.4) is 0 Å². The molecule has 0 spiro atoms. The topological polar surface area (TPSA) is 52.6 Å². The Bertz CT molecular complexity index is 505. The van der Waals surface area contributed by atoms with Crippen molar-refractivity contribution in [2.75, 3.05) is 19.6 Å². The lowest BCUT2D eigenvalue weighted by atomic mass is 9.93. The molecule has 0 saturated carbocycles. The van der Waals surface area contributed by atoms with Gasteiger partial charge in [0.05, 0.1) is 6.04 Å². The summed E-state index contributed by atoms with van der Waals surface area (Å²) in [6.07, 6.45) is 2.38. The summed E-state index contributed by atoms with van der Waals surface area (Å²) in [7, 11) is 0. The van der Waals surface area contributed by atoms with Gasteiger partial charge < -0.3 is 10.4 Å². The van der Waals surface area contributed by atoms with Crippen molar-refractivity contribution in [1.29, 1.82) is 0 Å². The molecule has 108 valence electrons. The van der Waals surface area contributed by atoms with Gasteiger partial charge in [-0.15, -0.1) is 0 Å². The van der Waals surface area contributed by atoms with Gasteiger partial charge in [0.1, 0.15) is 11.4 Å². The fourth-order valence-electron chi connectivity index (χ4n) is 3.19. The van der Waals surface area contributed by atoms with E-state index in [-0.39, 0.29) is 17.8 Å². The smallest absolute Gasteiger partial charge is 0.237 e. The monoisotopic (exact) mass is 278 g/mol. The molecule has 4 nitrogen and oxygen atoms in total. The van der Waals surface area contributed by atoms with E-state index in [0.717, 1.165) is 24.9 Å². The van der Waals surface area contributed by atoms with Gasteiger partial charge in [-0.3, -0.25) is 9.69 Å². The maximum Gasteiger partial charge on any atom is 0.237 e. The number of nitrogens with one attached hydrogen (secondary N) is 1. The Balaban J connectivity index is 1.74. The summed E-state index contributed by atoms with van der Waals surface area (Å²) in [6.45, 7) is 1.86. The molecule has 1 amide bonds. The van der Waals surface area contributed by atoms with Crippen LogP contribution in [0.2, 0.25) is 0 Å². The Kier molecular flexibility index (Phi) is 3.48. The molecule has 2 aliphatic heterocycles. The number of nitrogens with zero attached hydrogens (tertiary/aromatic N) is 1. The maximum atomic E-state index is 13.0. The van der Waals surface area contributed by atoms with Crippen LogP contribution in [0.1, 0.15) is 24.8 Å². The molecule has 1 aromatic carbocycles. The van der Waals surface area contributed by atoms with Crippen LogP contribution in [0.15, 0.2) is 24.3 Å². The second kappa shape index (κ2) is 5.14. The number of carbonyl (C=O) groups excluding carboxylic acids is 1. The van der Waals surface area contributed by atoms with Crippen molar-refractivity contribution < 1.29 is 14.3 Å². The van der Waals surface area contributed by atoms with Gasteiger partial charge in [-0.2, -0.15) is 0 Å². The highest BCUT2D eigenvalue weighted by atomic mass is 19.1. The van der Waals surface area contributed by atoms with Crippen molar-refractivity contribution >= 4 is 5.91 Å². The molecule has 0 aromatic heterocycles. The lowest BCUT2D eigenvalue weighted by Crippen LogP contribution is -2.50. The maximum absolute atomic E-state index is 13.0. The number of β-amino-alcohol motifs (C(OH)–C–C–N with tert-alkyl or cyclic N) is 1. The van der Waals surface area contributed by atoms with Crippen molar-refractivity contribution in [1.82, 2.24) is 10.2 Å². The average Bonchev–Trinajstić information content (AvgIpc) is 2.83. The standard InChI is InChI=1S/C15H19FN2O2/c16-12-5-3-11(4-6-12)15(20)7-9-18(10-15)13-2-1-8-17-14(13)19/h3-6,13,20H,1-2,7-10H2,(H,17,19). The van der Waals surface area contributed by atoms with Crippen LogP contribution in [-0.4, -0.2) is 41.6 Å². The van der Waals surface area contributed by atoms with Crippen LogP contribution in [0.4, 0.5) is 4.39 Å². The number of benzene rings is 1. The van der Waals surface area contributed by atoms with E-state index in [1.165, 1.54) is 12.1 Å². The van der Waals surface area contributed by atoms with Gasteiger partial charge in [0.15, 0.2) is 0 Å². The van der Waals surface area contributed by atoms with Crippen molar-refractivity contribution in [2.24, 2.45) is 0 Å². The molecule has 2 unspecified atom stereocenters. The number of aliphatic hydroxyl groups is 1. The van der Waals surface area contributed by atoms with E-state index in [0.29, 0.717) is 19.5 Å². The molecule has 1 aromatic rings. The third-order valence-corrected chi connectivity index (χ3v) is 4.36. The zero-order valence-corrected chi connectivity index (χ0v) is 11.3. The highest BCUT2D eigenvalue weighted by Gasteiger charge is 2.42. The van der Waals surface area contributed by atoms with Gasteiger partial charge in [-0.1, -0.05) is 12.1 Å². The number of hydrogen-bond acceptors (Lipinski definition) is 3. The Morgan fingerprint density at radius 1 is 1.35 bits per heavy atom. The minimum Gasteiger partial charge on any atom is -0.384 e. The number of halogens is 1. The lowest BCUT2D eigenvalue weighted by Gasteiger charge is -2.31. The fourth-order valence-corrected chi connectivity index (χ4v) is 3.19. The van der Waals surface area contributed by atoms with E-state index >= 15 is 0 Å². The van der Waals surface area contributed by atoms with Gasteiger partial charge in [-0.25, -0.2) is 4.39 Å². The summed E-state index contributed by atoms with van der Waals surface area (Å²) in [5.41, 5.74) is -0.261. The van der Waals surface area contributed by atoms with Gasteiger partial charge in [0, 0.05) is 19.6 Å². The Hall–Kier alpha value is -1.46. The van der Waals surface area contributed by atoms with Crippen LogP contribution < -0.4 is 5.32 Å². The molecule has 2 aliphatic rings. The Morgan fingerprint density at radius 3 is 2.80 bits per heavy atom. The minimum atomic E-state index is -0.981. The van der Waals surface area contributed by atoms with E-state index in [1.807, 2.05) is 4.90 Å². The molecule has 2 heterocycles. The van der Waals surface area contributed by atoms with E-state index in [9.17, 15) is 14.3 Å². The third kappa shape index (κ3) is 2.43. The molecule has 0 aliphatic carbocycles. The number of carbonyl (C=O) groups is 1. The van der Waals surface area contributed by atoms with Gasteiger partial charge in [-0.05, 0) is 37.0 Å². The molecule has 2 fully saturated rings. The molecule has 20 heavy (non-hydrogen) atoms. The van der Waals surface area contributed by atoms with E-state index in [1.54, 1.807) is 12.1 Å². The molecule has 5 heteroatoms. The quantitative estimate of drug-likeness (QED) is 0.848. The van der Waals surface area contributed by atoms with Crippen molar-refractivity contribution in [3.8, 4) is 0 Å². The summed E-state index contributed by atoms with van der Waals surface area (Å²) in [5, 5.41) is 13.6. The summed E-state index contributed by atoms with van der Waals surface area (Å²) >= 11 is 0. The van der Waals surface area contributed by atoms with Gasteiger partial charge in [0.2, 0.25) is 5.91 Å². The lowest BCUT2D eigenvalue weighted by molar-refractivity contribution is -0.128. The summed E-state index contributed by atoms with van der Waals surface area (Å²) in [5.74, 6) is -0.251. The zero-order chi connectivity index (χ0) is 14.2. The summed E-state index contributed by atoms with van der Waals surface area (Å²) in [4.78, 5) is 13.9. The third-order valence-electron chi connectivity index (χ3n) is 4.36. The minimum absolute atomic E-state index is 0.0552. The molecular formula is C15H19FN2O2. The Morgan fingerprint density at radius 2 is 2.10 bits per heavy atom. The Labute approximate surface area is 117 Å². The van der Waals surface area contributed by atoms with Gasteiger partial charge >= 0.3 is 0 Å². The van der Waals surface area contributed by atoms with Crippen molar-refractivity contribution in [3.05, 3.63) is 35.6 Å². The summed E-state index contributed by atoms with van der Waals surface area (Å²) < 4.78 is 13.0. The van der Waals surface area contributed by atoms with Gasteiger partial charge in [0.25, 0.3) is 0 Å². The predicted molar refractivity (Wildman–Crippen MR) is 72.5 cm³/mol. The number of piperidine rings is 1. The molecule has 3 rings (SSSR count). The van der Waals surface area contributed by atoms with E-state index in [4.69, 9.17) is 0 Å². The first-order valence-corrected chi connectivity index (χ1v) is 7.09. The normalized spacial score (nSPS) is 31.3. The van der Waals surface area contributed by atoms with Crippen LogP contribution in [0.25, 0.3) is 0 Å². The molecule has 2 saturated heterocycles. The van der Waals surface area contributed by atoms with Crippen molar-refractivity contribution in [2.45, 2.75) is 30.9 Å².